The summed E-state index contributed by atoms with van der Waals surface area (Å²) >= 11 is 0. The largest absolute Gasteiger partial charge is 0.497 e. The number of carbonyl (C=O) groups is 1. The smallest absolute Gasteiger partial charge is 0.225 e. The third-order valence-electron chi connectivity index (χ3n) is 4.77. The first-order valence-electron chi connectivity index (χ1n) is 8.69. The molecular weight excluding hydrogens is 352 g/mol. The molecule has 26 heavy (non-hydrogen) atoms. The molecule has 142 valence electrons. The maximum Gasteiger partial charge on any atom is 0.225 e. The van der Waals surface area contributed by atoms with E-state index >= 15 is 0 Å². The van der Waals surface area contributed by atoms with E-state index in [0.717, 1.165) is 29.8 Å². The number of benzene rings is 1. The molecule has 2 aromatic rings. The molecule has 2 heterocycles. The molecule has 1 aromatic carbocycles. The highest BCUT2D eigenvalue weighted by Crippen LogP contribution is 2.28. The predicted molar refractivity (Wildman–Crippen MR) is 104 cm³/mol. The number of carbonyl (C=O) groups excluding carboxylic acids is 1. The lowest BCUT2D eigenvalue weighted by molar-refractivity contribution is -0.125. The summed E-state index contributed by atoms with van der Waals surface area (Å²) in [6.45, 7) is 3.56. The second-order valence-electron chi connectivity index (χ2n) is 6.78. The number of hydrogen-bond acceptors (Lipinski definition) is 4. The number of rotatable bonds is 6. The van der Waals surface area contributed by atoms with Gasteiger partial charge in [0.1, 0.15) is 5.75 Å². The van der Waals surface area contributed by atoms with Crippen LogP contribution in [-0.2, 0) is 18.3 Å². The van der Waals surface area contributed by atoms with Gasteiger partial charge in [-0.1, -0.05) is 12.1 Å². The minimum absolute atomic E-state index is 0. The monoisotopic (exact) mass is 378 g/mol. The quantitative estimate of drug-likeness (QED) is 0.805. The summed E-state index contributed by atoms with van der Waals surface area (Å²) in [7, 11) is 3.56. The molecule has 1 aliphatic rings. The van der Waals surface area contributed by atoms with Gasteiger partial charge < -0.3 is 15.4 Å². The van der Waals surface area contributed by atoms with Gasteiger partial charge in [-0.2, -0.15) is 5.10 Å². The van der Waals surface area contributed by atoms with Crippen LogP contribution in [0.5, 0.6) is 5.75 Å². The summed E-state index contributed by atoms with van der Waals surface area (Å²) < 4.78 is 7.05. The fraction of sp³-hybridized carbons (Fsp3) is 0.474. The normalized spacial score (nSPS) is 20.3. The molecule has 0 aliphatic carbocycles. The Kier molecular flexibility index (Phi) is 7.06. The first-order valence-corrected chi connectivity index (χ1v) is 8.69. The van der Waals surface area contributed by atoms with Gasteiger partial charge in [0.15, 0.2) is 0 Å². The lowest BCUT2D eigenvalue weighted by atomic mass is 9.90. The van der Waals surface area contributed by atoms with Gasteiger partial charge >= 0.3 is 0 Å². The average molecular weight is 379 g/mol. The highest BCUT2D eigenvalue weighted by molar-refractivity contribution is 5.85. The molecule has 0 saturated carbocycles. The van der Waals surface area contributed by atoms with Gasteiger partial charge in [0.2, 0.25) is 5.91 Å². The van der Waals surface area contributed by atoms with Crippen LogP contribution in [0.4, 0.5) is 0 Å². The SMILES string of the molecule is COc1cccc(CC(C)NC(=O)[C@H]2CNC[C@@H]2c2cnn(C)c2)c1.Cl. The van der Waals surface area contributed by atoms with Gasteiger partial charge in [-0.05, 0) is 36.6 Å². The molecule has 2 N–H and O–H groups in total. The van der Waals surface area contributed by atoms with E-state index in [0.29, 0.717) is 6.54 Å². The summed E-state index contributed by atoms with van der Waals surface area (Å²) in [6, 6.07) is 8.03. The molecule has 3 atom stereocenters. The minimum atomic E-state index is -0.0584. The Bertz CT molecular complexity index is 734. The molecule has 1 unspecified atom stereocenters. The summed E-state index contributed by atoms with van der Waals surface area (Å²) in [6.07, 6.45) is 4.63. The lowest BCUT2D eigenvalue weighted by Crippen LogP contribution is -2.40. The summed E-state index contributed by atoms with van der Waals surface area (Å²) in [5.74, 6) is 1.07. The van der Waals surface area contributed by atoms with Crippen LogP contribution in [0.1, 0.15) is 24.0 Å². The van der Waals surface area contributed by atoms with Crippen molar-refractivity contribution in [2.45, 2.75) is 25.3 Å². The number of hydrogen-bond donors (Lipinski definition) is 2. The van der Waals surface area contributed by atoms with Crippen LogP contribution in [0.25, 0.3) is 0 Å². The van der Waals surface area contributed by atoms with Crippen LogP contribution in [0.3, 0.4) is 0 Å². The van der Waals surface area contributed by atoms with Crippen LogP contribution in [-0.4, -0.2) is 41.9 Å². The van der Waals surface area contributed by atoms with Gasteiger partial charge in [0.25, 0.3) is 0 Å². The van der Waals surface area contributed by atoms with Gasteiger partial charge in [-0.3, -0.25) is 9.48 Å². The van der Waals surface area contributed by atoms with Gasteiger partial charge in [-0.25, -0.2) is 0 Å². The number of amides is 1. The maximum absolute atomic E-state index is 12.8. The molecule has 1 saturated heterocycles. The van der Waals surface area contributed by atoms with Crippen LogP contribution >= 0.6 is 12.4 Å². The van der Waals surface area contributed by atoms with E-state index in [2.05, 4.69) is 21.8 Å². The van der Waals surface area contributed by atoms with Crippen molar-refractivity contribution in [1.29, 1.82) is 0 Å². The molecule has 0 bridgehead atoms. The number of ether oxygens (including phenoxy) is 1. The molecule has 1 fully saturated rings. The molecule has 3 rings (SSSR count). The Balaban J connectivity index is 0.00000243. The number of nitrogens with one attached hydrogen (secondary N) is 2. The minimum Gasteiger partial charge on any atom is -0.497 e. The van der Waals surface area contributed by atoms with Crippen LogP contribution in [0, 0.1) is 5.92 Å². The summed E-state index contributed by atoms with van der Waals surface area (Å²) in [4.78, 5) is 12.8. The van der Waals surface area contributed by atoms with Crippen molar-refractivity contribution in [2.24, 2.45) is 13.0 Å². The second-order valence-corrected chi connectivity index (χ2v) is 6.78. The van der Waals surface area contributed by atoms with Crippen molar-refractivity contribution in [3.8, 4) is 5.75 Å². The molecule has 6 nitrogen and oxygen atoms in total. The Labute approximate surface area is 160 Å². The number of nitrogens with zero attached hydrogens (tertiary/aromatic N) is 2. The molecule has 7 heteroatoms. The van der Waals surface area contributed by atoms with Crippen molar-refractivity contribution in [3.63, 3.8) is 0 Å². The fourth-order valence-corrected chi connectivity index (χ4v) is 3.49. The lowest BCUT2D eigenvalue weighted by Gasteiger charge is -2.21. The fourth-order valence-electron chi connectivity index (χ4n) is 3.49. The van der Waals surface area contributed by atoms with Crippen molar-refractivity contribution in [2.75, 3.05) is 20.2 Å². The van der Waals surface area contributed by atoms with E-state index in [-0.39, 0.29) is 36.2 Å². The van der Waals surface area contributed by atoms with E-state index < -0.39 is 0 Å². The Morgan fingerprint density at radius 1 is 1.46 bits per heavy atom. The zero-order chi connectivity index (χ0) is 17.8. The van der Waals surface area contributed by atoms with E-state index in [1.54, 1.807) is 11.8 Å². The van der Waals surface area contributed by atoms with Crippen molar-refractivity contribution < 1.29 is 9.53 Å². The Morgan fingerprint density at radius 2 is 2.27 bits per heavy atom. The van der Waals surface area contributed by atoms with Gasteiger partial charge in [0.05, 0.1) is 19.2 Å². The molecule has 1 amide bonds. The zero-order valence-electron chi connectivity index (χ0n) is 15.4. The third-order valence-corrected chi connectivity index (χ3v) is 4.77. The zero-order valence-corrected chi connectivity index (χ0v) is 16.3. The number of aryl methyl sites for hydroxylation is 1. The van der Waals surface area contributed by atoms with Crippen LogP contribution < -0.4 is 15.4 Å². The summed E-state index contributed by atoms with van der Waals surface area (Å²) in [5.41, 5.74) is 2.27. The van der Waals surface area contributed by atoms with Crippen molar-refractivity contribution in [1.82, 2.24) is 20.4 Å². The predicted octanol–water partition coefficient (Wildman–Crippen LogP) is 1.90. The first-order chi connectivity index (χ1) is 12.1. The molecular formula is C19H27ClN4O2. The molecule has 0 radical (unpaired) electrons. The molecule has 0 spiro atoms. The van der Waals surface area contributed by atoms with Crippen LogP contribution in [0.15, 0.2) is 36.7 Å². The standard InChI is InChI=1S/C19H26N4O2.ClH/c1-13(7-14-5-4-6-16(8-14)25-3)22-19(24)18-11-20-10-17(18)15-9-21-23(2)12-15;/h4-6,8-9,12-13,17-18,20H,7,10-11H2,1-3H3,(H,22,24);1H/t13?,17-,18+;/m1./s1. The second kappa shape index (κ2) is 9.05. The number of aromatic nitrogens is 2. The van der Waals surface area contributed by atoms with E-state index in [4.69, 9.17) is 4.74 Å². The Hall–Kier alpha value is -2.05. The van der Waals surface area contributed by atoms with E-state index in [1.165, 1.54) is 0 Å². The number of methoxy groups -OCH3 is 1. The highest BCUT2D eigenvalue weighted by Gasteiger charge is 2.35. The van der Waals surface area contributed by atoms with Gasteiger partial charge in [-0.15, -0.1) is 12.4 Å². The molecule has 1 aromatic heterocycles. The van der Waals surface area contributed by atoms with Crippen LogP contribution in [0.2, 0.25) is 0 Å². The van der Waals surface area contributed by atoms with Crippen molar-refractivity contribution >= 4 is 18.3 Å². The first kappa shape index (κ1) is 20.3. The maximum atomic E-state index is 12.8. The molecule has 1 aliphatic heterocycles. The topological polar surface area (TPSA) is 68.2 Å². The van der Waals surface area contributed by atoms with Gasteiger partial charge in [0, 0.05) is 38.3 Å². The highest BCUT2D eigenvalue weighted by atomic mass is 35.5. The average Bonchev–Trinajstić information content (AvgIpc) is 3.23. The summed E-state index contributed by atoms with van der Waals surface area (Å²) in [5, 5.41) is 10.7. The Morgan fingerprint density at radius 3 is 2.96 bits per heavy atom. The van der Waals surface area contributed by atoms with Crippen molar-refractivity contribution in [3.05, 3.63) is 47.8 Å². The number of halogens is 1. The third kappa shape index (κ3) is 4.77. The van der Waals surface area contributed by atoms with E-state index in [9.17, 15) is 4.79 Å². The van der Waals surface area contributed by atoms with E-state index in [1.807, 2.05) is 44.6 Å².